The van der Waals surface area contributed by atoms with E-state index in [0.29, 0.717) is 17.8 Å². The van der Waals surface area contributed by atoms with Crippen molar-refractivity contribution in [1.29, 1.82) is 0 Å². The minimum Gasteiger partial charge on any atom is -0.504 e. The molecule has 0 aromatic heterocycles. The number of aliphatic hydroxyl groups excluding tert-OH is 1. The van der Waals surface area contributed by atoms with E-state index in [4.69, 9.17) is 9.47 Å². The molecule has 2 aliphatic heterocycles. The summed E-state index contributed by atoms with van der Waals surface area (Å²) in [4.78, 5) is 2.41. The van der Waals surface area contributed by atoms with Crippen LogP contribution in [-0.4, -0.2) is 36.3 Å². The maximum absolute atomic E-state index is 10.0. The number of hydrogen-bond acceptors (Lipinski definition) is 4. The van der Waals surface area contributed by atoms with Crippen LogP contribution in [0, 0.1) is 11.8 Å². The van der Waals surface area contributed by atoms with E-state index < -0.39 is 0 Å². The molecule has 1 fully saturated rings. The first kappa shape index (κ1) is 21.0. The van der Waals surface area contributed by atoms with Gasteiger partial charge < -0.3 is 14.6 Å². The molecule has 158 valence electrons. The molecule has 1 saturated heterocycles. The molecule has 0 bridgehead atoms. The van der Waals surface area contributed by atoms with E-state index in [0.717, 1.165) is 50.4 Å². The van der Waals surface area contributed by atoms with Crippen molar-refractivity contribution in [3.63, 3.8) is 0 Å². The Hall–Kier alpha value is -3.26. The van der Waals surface area contributed by atoms with Gasteiger partial charge in [0.15, 0.2) is 5.76 Å². The average Bonchev–Trinajstić information content (AvgIpc) is 2.81. The first-order chi connectivity index (χ1) is 15.2. The monoisotopic (exact) mass is 413 g/mol. The molecule has 0 atom stereocenters. The summed E-state index contributed by atoms with van der Waals surface area (Å²) in [7, 11) is 0. The second kappa shape index (κ2) is 10.2. The lowest BCUT2D eigenvalue weighted by molar-refractivity contribution is 0.0342. The lowest BCUT2D eigenvalue weighted by Crippen LogP contribution is -2.35. The van der Waals surface area contributed by atoms with E-state index in [9.17, 15) is 5.11 Å². The molecule has 4 heteroatoms. The zero-order valence-electron chi connectivity index (χ0n) is 17.6. The number of aryl methyl sites for hydroxylation is 1. The third-order valence-electron chi connectivity index (χ3n) is 5.46. The number of benzene rings is 2. The number of nitrogens with zero attached hydrogens (tertiary/aromatic N) is 1. The molecule has 0 saturated carbocycles. The largest absolute Gasteiger partial charge is 0.504 e. The van der Waals surface area contributed by atoms with E-state index in [1.54, 1.807) is 12.3 Å². The van der Waals surface area contributed by atoms with Gasteiger partial charge in [-0.3, -0.25) is 4.90 Å². The molecule has 0 amide bonds. The SMILES string of the molecule is C=C1C=COC(CCc2ccc(C#Cc3ccc(CN4CCOCC4)cc3)cc2)=C1O. The molecular formula is C27H27NO3. The maximum Gasteiger partial charge on any atom is 0.160 e. The fourth-order valence-electron chi connectivity index (χ4n) is 3.56. The number of allylic oxidation sites excluding steroid dienone is 2. The summed E-state index contributed by atoms with van der Waals surface area (Å²) in [6, 6.07) is 16.7. The molecule has 4 nitrogen and oxygen atoms in total. The Kier molecular flexibility index (Phi) is 6.89. The predicted octanol–water partition coefficient (Wildman–Crippen LogP) is 4.72. The lowest BCUT2D eigenvalue weighted by Gasteiger charge is -2.26. The number of morpholine rings is 1. The van der Waals surface area contributed by atoms with Crippen molar-refractivity contribution in [2.75, 3.05) is 26.3 Å². The molecule has 0 radical (unpaired) electrons. The summed E-state index contributed by atoms with van der Waals surface area (Å²) < 4.78 is 10.8. The van der Waals surface area contributed by atoms with Gasteiger partial charge in [0, 0.05) is 42.8 Å². The van der Waals surface area contributed by atoms with Gasteiger partial charge in [-0.05, 0) is 47.9 Å². The molecule has 0 aliphatic carbocycles. The van der Waals surface area contributed by atoms with E-state index in [1.807, 2.05) is 12.1 Å². The zero-order valence-corrected chi connectivity index (χ0v) is 17.6. The molecule has 4 rings (SSSR count). The Morgan fingerprint density at radius 3 is 2.13 bits per heavy atom. The fourth-order valence-corrected chi connectivity index (χ4v) is 3.56. The van der Waals surface area contributed by atoms with E-state index in [1.165, 1.54) is 11.1 Å². The molecule has 2 aliphatic rings. The number of rotatable bonds is 5. The van der Waals surface area contributed by atoms with Crippen molar-refractivity contribution in [3.8, 4) is 11.8 Å². The molecule has 0 spiro atoms. The van der Waals surface area contributed by atoms with Crippen molar-refractivity contribution in [2.45, 2.75) is 19.4 Å². The van der Waals surface area contributed by atoms with Gasteiger partial charge in [0.2, 0.25) is 0 Å². The van der Waals surface area contributed by atoms with Gasteiger partial charge in [-0.25, -0.2) is 0 Å². The van der Waals surface area contributed by atoms with Gasteiger partial charge in [0.1, 0.15) is 5.76 Å². The van der Waals surface area contributed by atoms with Crippen LogP contribution in [0.3, 0.4) is 0 Å². The summed E-state index contributed by atoms with van der Waals surface area (Å²) >= 11 is 0. The van der Waals surface area contributed by atoms with Gasteiger partial charge in [-0.1, -0.05) is 42.7 Å². The van der Waals surface area contributed by atoms with Crippen LogP contribution in [0.15, 0.2) is 84.5 Å². The summed E-state index contributed by atoms with van der Waals surface area (Å²) in [5.41, 5.74) is 5.05. The highest BCUT2D eigenvalue weighted by Crippen LogP contribution is 2.22. The Morgan fingerprint density at radius 2 is 1.48 bits per heavy atom. The van der Waals surface area contributed by atoms with Crippen molar-refractivity contribution in [3.05, 3.63) is 107 Å². The normalized spacial score (nSPS) is 16.6. The van der Waals surface area contributed by atoms with E-state index in [-0.39, 0.29) is 5.76 Å². The average molecular weight is 414 g/mol. The molecule has 0 unspecified atom stereocenters. The molecular weight excluding hydrogens is 386 g/mol. The van der Waals surface area contributed by atoms with Crippen LogP contribution in [0.25, 0.3) is 0 Å². The van der Waals surface area contributed by atoms with E-state index >= 15 is 0 Å². The topological polar surface area (TPSA) is 41.9 Å². The number of ether oxygens (including phenoxy) is 2. The fraction of sp³-hybridized carbons (Fsp3) is 0.259. The second-order valence-corrected chi connectivity index (χ2v) is 7.75. The third kappa shape index (κ3) is 5.88. The zero-order chi connectivity index (χ0) is 21.5. The Morgan fingerprint density at radius 1 is 0.871 bits per heavy atom. The second-order valence-electron chi connectivity index (χ2n) is 7.75. The maximum atomic E-state index is 10.0. The summed E-state index contributed by atoms with van der Waals surface area (Å²) in [5, 5.41) is 10.0. The highest BCUT2D eigenvalue weighted by atomic mass is 16.5. The van der Waals surface area contributed by atoms with Crippen LogP contribution >= 0.6 is 0 Å². The Labute approximate surface area is 184 Å². The highest BCUT2D eigenvalue weighted by Gasteiger charge is 2.13. The van der Waals surface area contributed by atoms with Crippen molar-refractivity contribution >= 4 is 0 Å². The highest BCUT2D eigenvalue weighted by molar-refractivity contribution is 5.44. The van der Waals surface area contributed by atoms with Gasteiger partial charge in [-0.15, -0.1) is 0 Å². The first-order valence-electron chi connectivity index (χ1n) is 10.6. The first-order valence-corrected chi connectivity index (χ1v) is 10.6. The van der Waals surface area contributed by atoms with Gasteiger partial charge in [0.05, 0.1) is 19.5 Å². The van der Waals surface area contributed by atoms with Gasteiger partial charge in [0.25, 0.3) is 0 Å². The van der Waals surface area contributed by atoms with Crippen LogP contribution < -0.4 is 0 Å². The van der Waals surface area contributed by atoms with Crippen LogP contribution in [0.2, 0.25) is 0 Å². The van der Waals surface area contributed by atoms with Crippen molar-refractivity contribution < 1.29 is 14.6 Å². The minimum atomic E-state index is 0.140. The molecule has 1 N–H and O–H groups in total. The lowest BCUT2D eigenvalue weighted by atomic mass is 10.0. The standard InChI is InChI=1S/C27H27NO3/c1-21-14-17-31-26(27(21)29)13-12-24-6-4-22(5-7-24)2-3-23-8-10-25(11-9-23)20-28-15-18-30-19-16-28/h4-11,14,17,29H,1,12-13,15-16,18-20H2. The van der Waals surface area contributed by atoms with Crippen molar-refractivity contribution in [2.24, 2.45) is 0 Å². The Bertz CT molecular complexity index is 1030. The van der Waals surface area contributed by atoms with Crippen LogP contribution in [0.4, 0.5) is 0 Å². The van der Waals surface area contributed by atoms with Crippen LogP contribution in [0.1, 0.15) is 28.7 Å². The predicted molar refractivity (Wildman–Crippen MR) is 122 cm³/mol. The van der Waals surface area contributed by atoms with Gasteiger partial charge >= 0.3 is 0 Å². The Balaban J connectivity index is 1.31. The smallest absolute Gasteiger partial charge is 0.160 e. The number of hydrogen-bond donors (Lipinski definition) is 1. The van der Waals surface area contributed by atoms with Gasteiger partial charge in [-0.2, -0.15) is 0 Å². The molecule has 31 heavy (non-hydrogen) atoms. The molecule has 2 heterocycles. The van der Waals surface area contributed by atoms with Crippen LogP contribution in [0.5, 0.6) is 0 Å². The summed E-state index contributed by atoms with van der Waals surface area (Å²) in [5.74, 6) is 7.18. The van der Waals surface area contributed by atoms with E-state index in [2.05, 4.69) is 59.7 Å². The molecule has 2 aromatic rings. The summed E-state index contributed by atoms with van der Waals surface area (Å²) in [6.07, 6.45) is 4.62. The van der Waals surface area contributed by atoms with Crippen LogP contribution in [-0.2, 0) is 22.4 Å². The van der Waals surface area contributed by atoms with Crippen molar-refractivity contribution in [1.82, 2.24) is 4.90 Å². The minimum absolute atomic E-state index is 0.140. The summed E-state index contributed by atoms with van der Waals surface area (Å²) in [6.45, 7) is 8.39. The quantitative estimate of drug-likeness (QED) is 0.720. The molecule has 2 aromatic carbocycles. The number of aliphatic hydroxyl groups is 1. The third-order valence-corrected chi connectivity index (χ3v) is 5.46.